The standard InChI is InChI=1S/C34H49F2N9O2/c1-6-10-34(35,36)29-18-31-30(17-28(29)25-19-38-41(5)21-25)40(4)15-16-44(31)32-24(2)20-43(33(46)37-3)11-7-12-45(39-32)26-8-13-42(14-9-26)27-22-47-23-27/h6,17-19,21,24,26-27H,1,7-16,20,22-23H2,2-5H3,(H,37,46)/b39-32+. The largest absolute Gasteiger partial charge is 0.378 e. The van der Waals surface area contributed by atoms with Gasteiger partial charge in [0.15, 0.2) is 0 Å². The van der Waals surface area contributed by atoms with E-state index in [9.17, 15) is 4.79 Å². The lowest BCUT2D eigenvalue weighted by Crippen LogP contribution is -2.54. The van der Waals surface area contributed by atoms with E-state index in [2.05, 4.69) is 43.6 Å². The molecule has 2 amide bonds. The van der Waals surface area contributed by atoms with E-state index in [-0.39, 0.29) is 23.6 Å². The van der Waals surface area contributed by atoms with Gasteiger partial charge in [-0.1, -0.05) is 13.0 Å². The van der Waals surface area contributed by atoms with Gasteiger partial charge in [-0.15, -0.1) is 6.58 Å². The summed E-state index contributed by atoms with van der Waals surface area (Å²) in [6, 6.07) is 4.18. The number of urea groups is 1. The number of hydrogen-bond acceptors (Lipinski definition) is 8. The molecule has 2 saturated heterocycles. The summed E-state index contributed by atoms with van der Waals surface area (Å²) in [6.07, 6.45) is 6.98. The third-order valence-electron chi connectivity index (χ3n) is 10.1. The summed E-state index contributed by atoms with van der Waals surface area (Å²) in [4.78, 5) is 21.6. The first kappa shape index (κ1) is 33.2. The topological polar surface area (TPSA) is 84.7 Å². The number of rotatable bonds is 6. The van der Waals surface area contributed by atoms with Crippen molar-refractivity contribution in [3.63, 3.8) is 0 Å². The normalized spacial score (nSPS) is 23.3. The number of piperidine rings is 1. The predicted molar refractivity (Wildman–Crippen MR) is 181 cm³/mol. The molecule has 2 fully saturated rings. The van der Waals surface area contributed by atoms with Crippen molar-refractivity contribution in [3.8, 4) is 11.1 Å². The summed E-state index contributed by atoms with van der Waals surface area (Å²) in [6.45, 7) is 12.4. The van der Waals surface area contributed by atoms with Gasteiger partial charge < -0.3 is 24.8 Å². The minimum atomic E-state index is -3.14. The summed E-state index contributed by atoms with van der Waals surface area (Å²) >= 11 is 0. The van der Waals surface area contributed by atoms with Crippen molar-refractivity contribution in [3.05, 3.63) is 42.7 Å². The van der Waals surface area contributed by atoms with Crippen LogP contribution in [0.1, 0.15) is 38.2 Å². The summed E-state index contributed by atoms with van der Waals surface area (Å²) in [7, 11) is 5.44. The second-order valence-corrected chi connectivity index (χ2v) is 13.4. The third-order valence-corrected chi connectivity index (χ3v) is 10.1. The maximum absolute atomic E-state index is 16.0. The highest BCUT2D eigenvalue weighted by Crippen LogP contribution is 2.46. The number of aryl methyl sites for hydroxylation is 1. The van der Waals surface area contributed by atoms with E-state index in [1.54, 1.807) is 37.2 Å². The van der Waals surface area contributed by atoms with Crippen LogP contribution in [0.15, 0.2) is 42.3 Å². The van der Waals surface area contributed by atoms with Crippen molar-refractivity contribution >= 4 is 23.2 Å². The summed E-state index contributed by atoms with van der Waals surface area (Å²) in [5.41, 5.74) is 2.59. The highest BCUT2D eigenvalue weighted by atomic mass is 19.3. The Morgan fingerprint density at radius 1 is 1.09 bits per heavy atom. The Balaban J connectivity index is 1.42. The van der Waals surface area contributed by atoms with Crippen LogP contribution in [0.2, 0.25) is 0 Å². The van der Waals surface area contributed by atoms with Gasteiger partial charge in [0.25, 0.3) is 5.92 Å². The fourth-order valence-corrected chi connectivity index (χ4v) is 7.34. The van der Waals surface area contributed by atoms with E-state index in [1.807, 2.05) is 18.0 Å². The Hall–Kier alpha value is -3.71. The maximum Gasteiger partial charge on any atom is 0.317 e. The number of likely N-dealkylation sites (tertiary alicyclic amines) is 1. The number of ether oxygens (including phenoxy) is 1. The lowest BCUT2D eigenvalue weighted by Gasteiger charge is -2.44. The van der Waals surface area contributed by atoms with Gasteiger partial charge in [-0.25, -0.2) is 13.6 Å². The zero-order valence-electron chi connectivity index (χ0n) is 28.2. The molecule has 1 N–H and O–H groups in total. The number of aromatic nitrogens is 2. The van der Waals surface area contributed by atoms with Gasteiger partial charge in [0.2, 0.25) is 0 Å². The number of benzene rings is 1. The first-order valence-electron chi connectivity index (χ1n) is 16.9. The van der Waals surface area contributed by atoms with E-state index in [1.165, 1.54) is 6.08 Å². The molecule has 0 radical (unpaired) electrons. The van der Waals surface area contributed by atoms with Crippen LogP contribution in [-0.4, -0.2) is 122 Å². The zero-order chi connectivity index (χ0) is 33.3. The van der Waals surface area contributed by atoms with E-state index in [0.29, 0.717) is 55.6 Å². The highest BCUT2D eigenvalue weighted by Gasteiger charge is 2.38. The minimum absolute atomic E-state index is 0.0584. The number of alkyl halides is 2. The number of anilines is 2. The van der Waals surface area contributed by atoms with Gasteiger partial charge in [0.1, 0.15) is 5.84 Å². The highest BCUT2D eigenvalue weighted by molar-refractivity contribution is 6.03. The molecule has 256 valence electrons. The number of halogens is 2. The Morgan fingerprint density at radius 2 is 1.85 bits per heavy atom. The Kier molecular flexibility index (Phi) is 9.75. The van der Waals surface area contributed by atoms with Crippen LogP contribution in [-0.2, 0) is 17.7 Å². The van der Waals surface area contributed by atoms with Gasteiger partial charge in [0, 0.05) is 103 Å². The molecule has 13 heteroatoms. The van der Waals surface area contributed by atoms with Gasteiger partial charge in [0.05, 0.1) is 36.8 Å². The molecule has 1 aromatic carbocycles. The second-order valence-electron chi connectivity index (χ2n) is 13.4. The predicted octanol–water partition coefficient (Wildman–Crippen LogP) is 4.17. The molecule has 47 heavy (non-hydrogen) atoms. The molecule has 2 aromatic rings. The van der Waals surface area contributed by atoms with Crippen molar-refractivity contribution in [1.82, 2.24) is 29.9 Å². The van der Waals surface area contributed by atoms with E-state index < -0.39 is 12.3 Å². The van der Waals surface area contributed by atoms with E-state index in [4.69, 9.17) is 9.84 Å². The van der Waals surface area contributed by atoms with Crippen LogP contribution in [0, 0.1) is 5.92 Å². The number of amides is 2. The Bertz CT molecular complexity index is 1470. The molecule has 11 nitrogen and oxygen atoms in total. The SMILES string of the molecule is C=CCC(F)(F)c1cc2c(cc1-c1cnn(C)c1)N(C)CCN2/C1=N/N(C2CCN(C3COC3)CC2)CCCN(C(=O)NC)CC1C. The molecule has 0 saturated carbocycles. The number of fused-ring (bicyclic) bond motifs is 1. The van der Waals surface area contributed by atoms with E-state index >= 15 is 8.78 Å². The summed E-state index contributed by atoms with van der Waals surface area (Å²) < 4.78 is 39.0. The van der Waals surface area contributed by atoms with Crippen LogP contribution in [0.25, 0.3) is 11.1 Å². The lowest BCUT2D eigenvalue weighted by atomic mass is 9.92. The van der Waals surface area contributed by atoms with Crippen LogP contribution in [0.5, 0.6) is 0 Å². The molecule has 5 heterocycles. The first-order chi connectivity index (χ1) is 22.6. The number of hydrogen-bond donors (Lipinski definition) is 1. The average Bonchev–Trinajstić information content (AvgIpc) is 3.49. The first-order valence-corrected chi connectivity index (χ1v) is 16.9. The van der Waals surface area contributed by atoms with Crippen molar-refractivity contribution in [2.75, 3.05) is 82.9 Å². The molecular formula is C34H49F2N9O2. The van der Waals surface area contributed by atoms with Crippen molar-refractivity contribution in [2.45, 2.75) is 50.6 Å². The molecule has 6 rings (SSSR count). The van der Waals surface area contributed by atoms with Crippen LogP contribution < -0.4 is 15.1 Å². The smallest absolute Gasteiger partial charge is 0.317 e. The maximum atomic E-state index is 16.0. The number of carbonyl (C=O) groups is 1. The zero-order valence-corrected chi connectivity index (χ0v) is 28.2. The summed E-state index contributed by atoms with van der Waals surface area (Å²) in [5.74, 6) is -2.49. The van der Waals surface area contributed by atoms with Gasteiger partial charge in [-0.2, -0.15) is 10.2 Å². The number of nitrogens with zero attached hydrogens (tertiary/aromatic N) is 8. The number of nitrogens with one attached hydrogen (secondary N) is 1. The molecular weight excluding hydrogens is 604 g/mol. The van der Waals surface area contributed by atoms with Gasteiger partial charge >= 0.3 is 6.03 Å². The monoisotopic (exact) mass is 653 g/mol. The quantitative estimate of drug-likeness (QED) is 0.469. The van der Waals surface area contributed by atoms with Crippen LogP contribution in [0.4, 0.5) is 25.0 Å². The van der Waals surface area contributed by atoms with Crippen molar-refractivity contribution in [1.29, 1.82) is 0 Å². The Morgan fingerprint density at radius 3 is 2.49 bits per heavy atom. The number of hydrazone groups is 1. The number of amidine groups is 1. The number of allylic oxidation sites excluding steroid dienone is 1. The van der Waals surface area contributed by atoms with Crippen molar-refractivity contribution < 1.29 is 18.3 Å². The summed E-state index contributed by atoms with van der Waals surface area (Å²) in [5, 5.41) is 14.7. The number of carbonyl (C=O) groups excluding carboxylic acids is 1. The molecule has 4 aliphatic rings. The average molecular weight is 654 g/mol. The van der Waals surface area contributed by atoms with Crippen molar-refractivity contribution in [2.24, 2.45) is 18.1 Å². The molecule has 0 spiro atoms. The third kappa shape index (κ3) is 6.83. The molecule has 1 unspecified atom stereocenters. The number of likely N-dealkylation sites (N-methyl/N-ethyl adjacent to an activating group) is 1. The van der Waals surface area contributed by atoms with E-state index in [0.717, 1.165) is 57.1 Å². The molecule has 4 aliphatic heterocycles. The second kappa shape index (κ2) is 13.8. The molecule has 1 atom stereocenters. The fraction of sp³-hybridized carbons (Fsp3) is 0.618. The lowest BCUT2D eigenvalue weighted by molar-refractivity contribution is -0.0761. The van der Waals surface area contributed by atoms with Gasteiger partial charge in [-0.3, -0.25) is 14.6 Å². The fourth-order valence-electron chi connectivity index (χ4n) is 7.34. The van der Waals surface area contributed by atoms with Crippen LogP contribution >= 0.6 is 0 Å². The van der Waals surface area contributed by atoms with Gasteiger partial charge in [-0.05, 0) is 37.0 Å². The molecule has 0 aliphatic carbocycles. The molecule has 0 bridgehead atoms. The van der Waals surface area contributed by atoms with Crippen LogP contribution in [0.3, 0.4) is 0 Å². The Labute approximate surface area is 276 Å². The molecule has 1 aromatic heterocycles. The minimum Gasteiger partial charge on any atom is -0.378 e.